The Morgan fingerprint density at radius 1 is 1.38 bits per heavy atom. The van der Waals surface area contributed by atoms with Crippen molar-refractivity contribution >= 4 is 18.1 Å². The second-order valence-corrected chi connectivity index (χ2v) is 6.09. The van der Waals surface area contributed by atoms with Crippen LogP contribution in [0.1, 0.15) is 12.6 Å². The Morgan fingerprint density at radius 3 is 2.93 bits per heavy atom. The molecule has 0 spiro atoms. The predicted octanol–water partition coefficient (Wildman–Crippen LogP) is 0.136. The summed E-state index contributed by atoms with van der Waals surface area (Å²) in [6.45, 7) is 2.38. The van der Waals surface area contributed by atoms with E-state index in [4.69, 9.17) is 4.74 Å². The summed E-state index contributed by atoms with van der Waals surface area (Å²) in [4.78, 5) is 25.4. The lowest BCUT2D eigenvalue weighted by Gasteiger charge is -2.17. The van der Waals surface area contributed by atoms with E-state index in [1.165, 1.54) is 24.0 Å². The minimum Gasteiger partial charge on any atom is -0.461 e. The van der Waals surface area contributed by atoms with Gasteiger partial charge in [-0.2, -0.15) is 5.10 Å². The van der Waals surface area contributed by atoms with Crippen LogP contribution in [-0.4, -0.2) is 61.3 Å². The molecule has 1 aromatic carbocycles. The third-order valence-electron chi connectivity index (χ3n) is 3.89. The van der Waals surface area contributed by atoms with Crippen LogP contribution < -0.4 is 10.6 Å². The van der Waals surface area contributed by atoms with Gasteiger partial charge in [0, 0.05) is 12.6 Å². The Labute approximate surface area is 164 Å². The molecule has 0 radical (unpaired) electrons. The van der Waals surface area contributed by atoms with Crippen molar-refractivity contribution in [3.63, 3.8) is 0 Å². The first-order chi connectivity index (χ1) is 14.0. The minimum atomic E-state index is -0.589. The monoisotopic (exact) mass is 402 g/mol. The highest BCUT2D eigenvalue weighted by atomic mass is 19.1. The molecule has 1 atom stereocenters. The van der Waals surface area contributed by atoms with Crippen LogP contribution in [0, 0.1) is 5.82 Å². The lowest BCUT2D eigenvalue weighted by molar-refractivity contribution is -0.133. The molecular weight excluding hydrogens is 383 g/mol. The molecule has 2 heterocycles. The van der Waals surface area contributed by atoms with Gasteiger partial charge in [-0.1, -0.05) is 5.21 Å². The molecule has 0 bridgehead atoms. The van der Waals surface area contributed by atoms with E-state index in [1.54, 1.807) is 29.3 Å². The van der Waals surface area contributed by atoms with Gasteiger partial charge in [-0.05, 0) is 18.2 Å². The number of carbonyl (C=O) groups is 2. The molecule has 0 saturated carbocycles. The summed E-state index contributed by atoms with van der Waals surface area (Å²) < 4.78 is 22.4. The molecule has 0 aliphatic carbocycles. The average Bonchev–Trinajstić information content (AvgIpc) is 3.36. The number of carbonyl (C=O) groups excluding carboxylic acids is 2. The number of aromatic nitrogens is 6. The van der Waals surface area contributed by atoms with E-state index in [9.17, 15) is 14.0 Å². The molecule has 0 fully saturated rings. The number of hydrogen-bond donors (Lipinski definition) is 2. The van der Waals surface area contributed by atoms with E-state index in [2.05, 4.69) is 31.0 Å². The van der Waals surface area contributed by atoms with E-state index < -0.39 is 11.9 Å². The predicted molar refractivity (Wildman–Crippen MR) is 98.6 cm³/mol. The van der Waals surface area contributed by atoms with Crippen molar-refractivity contribution in [1.82, 2.24) is 35.1 Å². The summed E-state index contributed by atoms with van der Waals surface area (Å²) in [5.74, 6) is -0.752. The van der Waals surface area contributed by atoms with E-state index in [0.717, 1.165) is 0 Å². The summed E-state index contributed by atoms with van der Waals surface area (Å²) in [6.07, 6.45) is 3.98. The fraction of sp³-hybridized carbons (Fsp3) is 0.294. The Kier molecular flexibility index (Phi) is 6.45. The van der Waals surface area contributed by atoms with Gasteiger partial charge >= 0.3 is 0 Å². The van der Waals surface area contributed by atoms with Crippen LogP contribution in [0.15, 0.2) is 37.1 Å². The smallest absolute Gasteiger partial charge is 0.293 e. The molecule has 3 aromatic rings. The molecule has 1 amide bonds. The van der Waals surface area contributed by atoms with Crippen LogP contribution in [-0.2, 0) is 20.9 Å². The molecule has 0 aliphatic rings. The highest BCUT2D eigenvalue weighted by molar-refractivity contribution is 5.72. The van der Waals surface area contributed by atoms with Crippen LogP contribution in [0.25, 0.3) is 5.69 Å². The summed E-state index contributed by atoms with van der Waals surface area (Å²) in [5.41, 5.74) is 1.31. The fourth-order valence-corrected chi connectivity index (χ4v) is 2.51. The zero-order chi connectivity index (χ0) is 20.6. The third kappa shape index (κ3) is 5.57. The van der Waals surface area contributed by atoms with Crippen molar-refractivity contribution in [2.24, 2.45) is 0 Å². The van der Waals surface area contributed by atoms with Crippen molar-refractivity contribution in [3.8, 4) is 5.69 Å². The number of benzene rings is 1. The number of nitrogens with one attached hydrogen (secondary N) is 2. The summed E-state index contributed by atoms with van der Waals surface area (Å²) >= 11 is 0. The first kappa shape index (κ1) is 19.9. The molecule has 0 aliphatic heterocycles. The molecule has 11 nitrogen and oxygen atoms in total. The molecule has 152 valence electrons. The number of halogens is 1. The van der Waals surface area contributed by atoms with Crippen LogP contribution in [0.4, 0.5) is 10.1 Å². The summed E-state index contributed by atoms with van der Waals surface area (Å²) in [7, 11) is 0. The van der Waals surface area contributed by atoms with Gasteiger partial charge in [0.1, 0.15) is 30.1 Å². The topological polar surface area (TPSA) is 129 Å². The fourth-order valence-electron chi connectivity index (χ4n) is 2.51. The Morgan fingerprint density at radius 2 is 2.24 bits per heavy atom. The molecule has 0 saturated heterocycles. The highest BCUT2D eigenvalue weighted by Gasteiger charge is 2.12. The number of ether oxygens (including phenoxy) is 1. The molecule has 29 heavy (non-hydrogen) atoms. The Bertz CT molecular complexity index is 960. The number of hydrogen-bond acceptors (Lipinski definition) is 8. The summed E-state index contributed by atoms with van der Waals surface area (Å²) in [6, 6.07) is 4.51. The van der Waals surface area contributed by atoms with E-state index >= 15 is 0 Å². The zero-order valence-corrected chi connectivity index (χ0v) is 15.5. The second-order valence-electron chi connectivity index (χ2n) is 6.09. The van der Waals surface area contributed by atoms with Crippen LogP contribution in [0.5, 0.6) is 0 Å². The van der Waals surface area contributed by atoms with E-state index in [-0.39, 0.29) is 24.7 Å². The molecule has 0 unspecified atom stereocenters. The van der Waals surface area contributed by atoms with Gasteiger partial charge < -0.3 is 15.4 Å². The maximum atomic E-state index is 14.5. The van der Waals surface area contributed by atoms with Crippen LogP contribution in [0.3, 0.4) is 0 Å². The summed E-state index contributed by atoms with van der Waals surface area (Å²) in [5, 5.41) is 17.5. The second kappa shape index (κ2) is 9.39. The normalized spacial score (nSPS) is 11.7. The molecule has 3 rings (SSSR count). The molecular formula is C17H19FN8O3. The number of anilines is 1. The maximum absolute atomic E-state index is 14.5. The van der Waals surface area contributed by atoms with Crippen molar-refractivity contribution in [2.75, 3.05) is 18.4 Å². The lowest BCUT2D eigenvalue weighted by atomic mass is 10.2. The first-order valence-corrected chi connectivity index (χ1v) is 8.66. The van der Waals surface area contributed by atoms with Gasteiger partial charge in [-0.3, -0.25) is 9.59 Å². The van der Waals surface area contributed by atoms with Gasteiger partial charge in [-0.15, -0.1) is 5.10 Å². The van der Waals surface area contributed by atoms with Crippen molar-refractivity contribution in [3.05, 3.63) is 48.6 Å². The number of nitrogens with zero attached hydrogens (tertiary/aromatic N) is 6. The SMILES string of the molecule is CC(=O)NC[C@@H](CNc1ccc(-n2cc(Cn3cncn3)nn2)c(F)c1)OC=O. The van der Waals surface area contributed by atoms with Gasteiger partial charge in [0.2, 0.25) is 5.91 Å². The lowest BCUT2D eigenvalue weighted by Crippen LogP contribution is -2.36. The van der Waals surface area contributed by atoms with E-state index in [0.29, 0.717) is 24.4 Å². The maximum Gasteiger partial charge on any atom is 0.293 e. The van der Waals surface area contributed by atoms with Crippen molar-refractivity contribution < 1.29 is 18.7 Å². The quantitative estimate of drug-likeness (QED) is 0.458. The first-order valence-electron chi connectivity index (χ1n) is 8.66. The van der Waals surface area contributed by atoms with Crippen LogP contribution in [0.2, 0.25) is 0 Å². The van der Waals surface area contributed by atoms with Gasteiger partial charge in [0.05, 0.1) is 25.8 Å². The average molecular weight is 402 g/mol. The largest absolute Gasteiger partial charge is 0.461 e. The number of rotatable bonds is 10. The van der Waals surface area contributed by atoms with Crippen molar-refractivity contribution in [1.29, 1.82) is 0 Å². The Hall–Kier alpha value is -3.83. The standard InChI is InChI=1S/C17H19FN8O3/c1-12(28)20-5-15(29-11-27)6-21-13-2-3-17(16(18)4-13)26-8-14(23-24-26)7-25-10-19-9-22-25/h2-4,8-11,15,21H,5-7H2,1H3,(H,20,28)/t15-/m0/s1. The van der Waals surface area contributed by atoms with Gasteiger partial charge in [-0.25, -0.2) is 18.7 Å². The van der Waals surface area contributed by atoms with E-state index in [1.807, 2.05) is 0 Å². The van der Waals surface area contributed by atoms with Gasteiger partial charge in [0.15, 0.2) is 5.82 Å². The zero-order valence-electron chi connectivity index (χ0n) is 15.5. The van der Waals surface area contributed by atoms with Gasteiger partial charge in [0.25, 0.3) is 6.47 Å². The minimum absolute atomic E-state index is 0.148. The van der Waals surface area contributed by atoms with Crippen LogP contribution >= 0.6 is 0 Å². The van der Waals surface area contributed by atoms with Crippen molar-refractivity contribution in [2.45, 2.75) is 19.6 Å². The highest BCUT2D eigenvalue weighted by Crippen LogP contribution is 2.18. The molecule has 2 N–H and O–H groups in total. The molecule has 12 heteroatoms. The number of amides is 1. The molecule has 2 aromatic heterocycles. The Balaban J connectivity index is 1.63. The third-order valence-corrected chi connectivity index (χ3v) is 3.89.